The predicted octanol–water partition coefficient (Wildman–Crippen LogP) is -0.355. The minimum Gasteiger partial charge on any atom is -0.567 e. The number of aromatic nitrogens is 4. The topological polar surface area (TPSA) is 93.6 Å². The summed E-state index contributed by atoms with van der Waals surface area (Å²) >= 11 is 0. The molecule has 0 bridgehead atoms. The van der Waals surface area contributed by atoms with Crippen LogP contribution in [0.1, 0.15) is 0 Å². The molecule has 2 heterocycles. The molecule has 60 valence electrons. The fraction of sp³-hybridized carbons (Fsp3) is 0. The molecule has 0 amide bonds. The molecule has 0 radical (unpaired) electrons. The van der Waals surface area contributed by atoms with E-state index in [9.17, 15) is 4.79 Å². The van der Waals surface area contributed by atoms with Gasteiger partial charge >= 0.3 is 37.7 Å². The first-order valence-electron chi connectivity index (χ1n) is 3.15. The largest absolute Gasteiger partial charge is 2.00 e. The van der Waals surface area contributed by atoms with E-state index in [4.69, 9.17) is 5.73 Å². The maximum Gasteiger partial charge on any atom is 2.00 e. The van der Waals surface area contributed by atoms with Crippen molar-refractivity contribution in [3.63, 3.8) is 0 Å². The van der Waals surface area contributed by atoms with Crippen molar-refractivity contribution in [3.05, 3.63) is 28.5 Å². The molecule has 0 aliphatic rings. The molecule has 0 aliphatic carbocycles. The third-order valence-corrected chi connectivity index (χ3v) is 1.30. The van der Waals surface area contributed by atoms with Gasteiger partial charge in [-0.1, -0.05) is 0 Å². The summed E-state index contributed by atoms with van der Waals surface area (Å²) in [7, 11) is 0. The van der Waals surface area contributed by atoms with Gasteiger partial charge < -0.3 is 15.7 Å². The van der Waals surface area contributed by atoms with Crippen LogP contribution in [0.4, 0.5) is 5.95 Å². The Labute approximate surface area is 103 Å². The maximum absolute atomic E-state index is 11.0. The number of nitrogens with zero attached hydrogens (tertiary/aromatic N) is 4. The number of nitrogens with one attached hydrogen (secondary N) is 1. The van der Waals surface area contributed by atoms with Crippen LogP contribution in [0.15, 0.2) is 17.2 Å². The zero-order valence-corrected chi connectivity index (χ0v) is 8.77. The van der Waals surface area contributed by atoms with E-state index in [1.54, 1.807) is 0 Å². The van der Waals surface area contributed by atoms with Gasteiger partial charge in [0.2, 0.25) is 0 Å². The smallest absolute Gasteiger partial charge is 0.567 e. The summed E-state index contributed by atoms with van der Waals surface area (Å²) in [6.45, 7) is 0. The van der Waals surface area contributed by atoms with Gasteiger partial charge in [0.15, 0.2) is 5.56 Å². The van der Waals surface area contributed by atoms with Gasteiger partial charge in [-0.15, -0.1) is 0 Å². The summed E-state index contributed by atoms with van der Waals surface area (Å²) in [5, 5.41) is 0. The van der Waals surface area contributed by atoms with Crippen LogP contribution >= 0.6 is 0 Å². The van der Waals surface area contributed by atoms with Crippen molar-refractivity contribution >= 4 is 54.9 Å². The van der Waals surface area contributed by atoms with Gasteiger partial charge in [-0.2, -0.15) is 5.95 Å². The van der Waals surface area contributed by atoms with Crippen LogP contribution in [0.5, 0.6) is 0 Å². The quantitative estimate of drug-likeness (QED) is 0.543. The Bertz CT molecular complexity index is 482. The Morgan fingerprint density at radius 2 is 2.00 bits per heavy atom. The van der Waals surface area contributed by atoms with E-state index in [-0.39, 0.29) is 54.9 Å². The summed E-state index contributed by atoms with van der Waals surface area (Å²) in [6, 6.07) is 0. The monoisotopic (exact) mass is 201 g/mol. The van der Waals surface area contributed by atoms with Crippen molar-refractivity contribution in [2.24, 2.45) is 0 Å². The Morgan fingerprint density at radius 3 is 2.77 bits per heavy atom. The van der Waals surface area contributed by atoms with Gasteiger partial charge in [0, 0.05) is 18.0 Å². The van der Waals surface area contributed by atoms with Crippen LogP contribution in [0.2, 0.25) is 0 Å². The molecular formula is C6H3CaN5O. The Kier molecular flexibility index (Phi) is 3.18. The second-order valence-electron chi connectivity index (χ2n) is 2.08. The van der Waals surface area contributed by atoms with E-state index in [0.29, 0.717) is 0 Å². The Hall–Kier alpha value is -0.720. The third-order valence-electron chi connectivity index (χ3n) is 1.30. The number of fused-ring (bicyclic) bond motifs is 1. The molecular weight excluding hydrogens is 198 g/mol. The molecule has 2 rings (SSSR count). The average molecular weight is 201 g/mol. The number of rotatable bonds is 0. The van der Waals surface area contributed by atoms with Crippen molar-refractivity contribution in [2.45, 2.75) is 0 Å². The van der Waals surface area contributed by atoms with Gasteiger partial charge in [0.1, 0.15) is 5.52 Å². The van der Waals surface area contributed by atoms with Gasteiger partial charge in [-0.25, -0.2) is 0 Å². The van der Waals surface area contributed by atoms with Gasteiger partial charge in [0.25, 0.3) is 0 Å². The van der Waals surface area contributed by atoms with Crippen LogP contribution in [0.25, 0.3) is 16.9 Å². The fourth-order valence-electron chi connectivity index (χ4n) is 0.838. The van der Waals surface area contributed by atoms with Crippen LogP contribution in [-0.4, -0.2) is 52.7 Å². The van der Waals surface area contributed by atoms with E-state index in [1.807, 2.05) is 0 Å². The first-order valence-corrected chi connectivity index (χ1v) is 3.15. The molecule has 0 saturated carbocycles. The van der Waals surface area contributed by atoms with E-state index in [0.717, 1.165) is 0 Å². The second-order valence-corrected chi connectivity index (χ2v) is 2.08. The van der Waals surface area contributed by atoms with E-state index >= 15 is 0 Å². The molecule has 13 heavy (non-hydrogen) atoms. The first kappa shape index (κ1) is 10.4. The molecule has 0 aliphatic heterocycles. The third kappa shape index (κ3) is 1.96. The normalized spacial score (nSPS) is 9.54. The summed E-state index contributed by atoms with van der Waals surface area (Å²) in [6.07, 6.45) is 2.80. The van der Waals surface area contributed by atoms with Crippen molar-refractivity contribution in [1.82, 2.24) is 19.9 Å². The molecule has 2 aromatic rings. The van der Waals surface area contributed by atoms with Crippen LogP contribution in [0, 0.1) is 0 Å². The zero-order chi connectivity index (χ0) is 8.55. The van der Waals surface area contributed by atoms with Gasteiger partial charge in [-0.3, -0.25) is 14.8 Å². The molecule has 0 spiro atoms. The van der Waals surface area contributed by atoms with Gasteiger partial charge in [0.05, 0.1) is 0 Å². The Balaban J connectivity index is 0.000000845. The molecule has 2 aromatic heterocycles. The summed E-state index contributed by atoms with van der Waals surface area (Å²) in [5.74, 6) is -0.326. The van der Waals surface area contributed by atoms with Crippen LogP contribution in [-0.2, 0) is 0 Å². The molecule has 6 nitrogen and oxygen atoms in total. The fourth-order valence-corrected chi connectivity index (χ4v) is 0.838. The van der Waals surface area contributed by atoms with Crippen molar-refractivity contribution in [2.75, 3.05) is 0 Å². The zero-order valence-electron chi connectivity index (χ0n) is 6.56. The number of hydrogen-bond donors (Lipinski definition) is 0. The van der Waals surface area contributed by atoms with Crippen LogP contribution in [0.3, 0.4) is 0 Å². The SMILES string of the molecule is [Ca+2].[NH-]c1nc2nccnc2c(=O)[n-]1. The summed E-state index contributed by atoms with van der Waals surface area (Å²) < 4.78 is 0. The molecule has 0 fully saturated rings. The van der Waals surface area contributed by atoms with Crippen molar-refractivity contribution < 1.29 is 0 Å². The Morgan fingerprint density at radius 1 is 1.31 bits per heavy atom. The second kappa shape index (κ2) is 3.99. The van der Waals surface area contributed by atoms with E-state index in [2.05, 4.69) is 19.9 Å². The molecule has 1 N–H and O–H groups in total. The average Bonchev–Trinajstić information content (AvgIpc) is 2.04. The molecule has 0 unspecified atom stereocenters. The van der Waals surface area contributed by atoms with Crippen LogP contribution < -0.4 is 10.5 Å². The molecule has 0 saturated heterocycles. The minimum absolute atomic E-state index is 0. The summed E-state index contributed by atoms with van der Waals surface area (Å²) in [4.78, 5) is 25.5. The molecule has 0 aromatic carbocycles. The number of hydrogen-bond acceptors (Lipinski definition) is 4. The first-order chi connectivity index (χ1) is 5.77. The minimum atomic E-state index is -0.557. The van der Waals surface area contributed by atoms with Crippen molar-refractivity contribution in [1.29, 1.82) is 0 Å². The van der Waals surface area contributed by atoms with E-state index in [1.165, 1.54) is 12.4 Å². The molecule has 7 heteroatoms. The van der Waals surface area contributed by atoms with Crippen molar-refractivity contribution in [3.8, 4) is 0 Å². The standard InChI is InChI=1S/C6H4N5O.Ca/c7-6-10-4-3(5(12)11-6)8-1-2-9-4;/h1-2H,(H2-,7,9,10,11,12);/q-1;+2/p-1. The summed E-state index contributed by atoms with van der Waals surface area (Å²) in [5.41, 5.74) is 6.74. The maximum atomic E-state index is 11.0. The predicted molar refractivity (Wildman–Crippen MR) is 46.7 cm³/mol. The molecule has 0 atom stereocenters. The van der Waals surface area contributed by atoms with Gasteiger partial charge in [-0.05, 0) is 0 Å². The van der Waals surface area contributed by atoms with E-state index < -0.39 is 5.56 Å².